The second-order valence-corrected chi connectivity index (χ2v) is 4.55. The van der Waals surface area contributed by atoms with Crippen molar-refractivity contribution in [2.24, 2.45) is 0 Å². The minimum Gasteiger partial charge on any atom is -0.391 e. The Balaban J connectivity index is 1.96. The fourth-order valence-corrected chi connectivity index (χ4v) is 2.14. The van der Waals surface area contributed by atoms with Crippen molar-refractivity contribution >= 4 is 5.82 Å². The zero-order chi connectivity index (χ0) is 12.1. The molecule has 1 saturated heterocycles. The lowest BCUT2D eigenvalue weighted by molar-refractivity contribution is 0.154. The molecule has 4 nitrogen and oxygen atoms in total. The molecule has 1 fully saturated rings. The number of aromatic nitrogens is 1. The van der Waals surface area contributed by atoms with E-state index in [9.17, 15) is 5.11 Å². The van der Waals surface area contributed by atoms with Gasteiger partial charge in [-0.1, -0.05) is 13.0 Å². The second-order valence-electron chi connectivity index (χ2n) is 4.55. The van der Waals surface area contributed by atoms with E-state index < -0.39 is 0 Å². The van der Waals surface area contributed by atoms with E-state index in [0.29, 0.717) is 6.54 Å². The average molecular weight is 235 g/mol. The van der Waals surface area contributed by atoms with Crippen molar-refractivity contribution in [3.05, 3.63) is 23.9 Å². The third kappa shape index (κ3) is 3.41. The molecule has 4 heteroatoms. The number of piperidine rings is 1. The van der Waals surface area contributed by atoms with E-state index >= 15 is 0 Å². The first-order valence-corrected chi connectivity index (χ1v) is 6.38. The quantitative estimate of drug-likeness (QED) is 0.822. The molecule has 0 bridgehead atoms. The van der Waals surface area contributed by atoms with Gasteiger partial charge in [0.15, 0.2) is 0 Å². The number of nitrogens with one attached hydrogen (secondary N) is 1. The van der Waals surface area contributed by atoms with Gasteiger partial charge in [0.1, 0.15) is 5.82 Å². The van der Waals surface area contributed by atoms with E-state index in [0.717, 1.165) is 38.3 Å². The molecule has 2 heterocycles. The summed E-state index contributed by atoms with van der Waals surface area (Å²) in [5, 5.41) is 12.9. The van der Waals surface area contributed by atoms with Crippen molar-refractivity contribution in [3.8, 4) is 0 Å². The first-order chi connectivity index (χ1) is 8.29. The van der Waals surface area contributed by atoms with Gasteiger partial charge in [0.25, 0.3) is 0 Å². The maximum Gasteiger partial charge on any atom is 0.128 e. The van der Waals surface area contributed by atoms with Crippen molar-refractivity contribution in [2.45, 2.75) is 32.4 Å². The fourth-order valence-electron chi connectivity index (χ4n) is 2.14. The predicted molar refractivity (Wildman–Crippen MR) is 69.1 cm³/mol. The summed E-state index contributed by atoms with van der Waals surface area (Å²) in [5.41, 5.74) is 1.20. The first kappa shape index (κ1) is 12.3. The highest BCUT2D eigenvalue weighted by Gasteiger charge is 2.18. The van der Waals surface area contributed by atoms with Crippen LogP contribution in [0, 0.1) is 0 Å². The summed E-state index contributed by atoms with van der Waals surface area (Å²) in [6.45, 7) is 5.64. The minimum atomic E-state index is -0.202. The molecule has 94 valence electrons. The van der Waals surface area contributed by atoms with Crippen molar-refractivity contribution in [1.29, 1.82) is 0 Å². The first-order valence-electron chi connectivity index (χ1n) is 6.38. The third-order valence-electron chi connectivity index (χ3n) is 3.11. The Morgan fingerprint density at radius 2 is 2.41 bits per heavy atom. The van der Waals surface area contributed by atoms with Crippen LogP contribution in [0.3, 0.4) is 0 Å². The zero-order valence-corrected chi connectivity index (χ0v) is 10.4. The summed E-state index contributed by atoms with van der Waals surface area (Å²) in [6, 6.07) is 4.15. The summed E-state index contributed by atoms with van der Waals surface area (Å²) in [6.07, 6.45) is 3.67. The Hall–Kier alpha value is -1.13. The molecule has 1 aliphatic heterocycles. The molecule has 0 amide bonds. The highest BCUT2D eigenvalue weighted by molar-refractivity contribution is 5.40. The highest BCUT2D eigenvalue weighted by atomic mass is 16.3. The van der Waals surface area contributed by atoms with Gasteiger partial charge in [0, 0.05) is 25.8 Å². The summed E-state index contributed by atoms with van der Waals surface area (Å²) < 4.78 is 0. The van der Waals surface area contributed by atoms with E-state index in [1.165, 1.54) is 5.56 Å². The molecule has 2 rings (SSSR count). The van der Waals surface area contributed by atoms with E-state index in [4.69, 9.17) is 0 Å². The minimum absolute atomic E-state index is 0.202. The number of hydrogen-bond donors (Lipinski definition) is 2. The lowest BCUT2D eigenvalue weighted by atomic mass is 10.1. The van der Waals surface area contributed by atoms with Gasteiger partial charge in [0.2, 0.25) is 0 Å². The van der Waals surface area contributed by atoms with Crippen molar-refractivity contribution in [1.82, 2.24) is 10.3 Å². The van der Waals surface area contributed by atoms with Crippen molar-refractivity contribution in [2.75, 3.05) is 24.5 Å². The van der Waals surface area contributed by atoms with Gasteiger partial charge in [-0.2, -0.15) is 0 Å². The summed E-state index contributed by atoms with van der Waals surface area (Å²) in [5.74, 6) is 0.976. The van der Waals surface area contributed by atoms with E-state index in [1.54, 1.807) is 0 Å². The van der Waals surface area contributed by atoms with Crippen molar-refractivity contribution in [3.63, 3.8) is 0 Å². The van der Waals surface area contributed by atoms with Gasteiger partial charge < -0.3 is 15.3 Å². The molecule has 17 heavy (non-hydrogen) atoms. The maximum atomic E-state index is 9.63. The zero-order valence-electron chi connectivity index (χ0n) is 10.4. The SMILES string of the molecule is CCNCc1ccc(N2CCCC(O)C2)nc1. The molecule has 1 aromatic heterocycles. The maximum absolute atomic E-state index is 9.63. The van der Waals surface area contributed by atoms with Gasteiger partial charge in [-0.05, 0) is 31.0 Å². The molecule has 1 atom stereocenters. The highest BCUT2D eigenvalue weighted by Crippen LogP contribution is 2.17. The van der Waals surface area contributed by atoms with Crippen LogP contribution >= 0.6 is 0 Å². The van der Waals surface area contributed by atoms with E-state index in [2.05, 4.69) is 28.2 Å². The molecular weight excluding hydrogens is 214 g/mol. The Kier molecular flexibility index (Phi) is 4.34. The number of β-amino-alcohol motifs (C(OH)–C–C–N with tert-alkyl or cyclic N) is 1. The van der Waals surface area contributed by atoms with Crippen molar-refractivity contribution < 1.29 is 5.11 Å². The molecule has 1 aromatic rings. The number of aliphatic hydroxyl groups excluding tert-OH is 1. The Morgan fingerprint density at radius 3 is 3.06 bits per heavy atom. The fraction of sp³-hybridized carbons (Fsp3) is 0.615. The molecule has 0 aliphatic carbocycles. The molecule has 0 aromatic carbocycles. The lowest BCUT2D eigenvalue weighted by Gasteiger charge is -2.31. The van der Waals surface area contributed by atoms with Gasteiger partial charge in [0.05, 0.1) is 6.10 Å². The molecular formula is C13H21N3O. The average Bonchev–Trinajstić information content (AvgIpc) is 2.37. The standard InChI is InChI=1S/C13H21N3O/c1-2-14-8-11-5-6-13(15-9-11)16-7-3-4-12(17)10-16/h5-6,9,12,14,17H,2-4,7-8,10H2,1H3. The lowest BCUT2D eigenvalue weighted by Crippen LogP contribution is -2.38. The van der Waals surface area contributed by atoms with Gasteiger partial charge in [-0.3, -0.25) is 0 Å². The van der Waals surface area contributed by atoms with Crippen LogP contribution in [0.1, 0.15) is 25.3 Å². The van der Waals surface area contributed by atoms with Crippen LogP contribution in [0.5, 0.6) is 0 Å². The molecule has 1 unspecified atom stereocenters. The number of aliphatic hydroxyl groups is 1. The Morgan fingerprint density at radius 1 is 1.53 bits per heavy atom. The predicted octanol–water partition coefficient (Wildman–Crippen LogP) is 1.15. The molecule has 0 radical (unpaired) electrons. The monoisotopic (exact) mass is 235 g/mol. The van der Waals surface area contributed by atoms with Crippen LogP contribution in [-0.4, -0.2) is 35.8 Å². The van der Waals surface area contributed by atoms with Gasteiger partial charge in [-0.25, -0.2) is 4.98 Å². The van der Waals surface area contributed by atoms with Crippen LogP contribution in [0.2, 0.25) is 0 Å². The van der Waals surface area contributed by atoms with Gasteiger partial charge >= 0.3 is 0 Å². The number of hydrogen-bond acceptors (Lipinski definition) is 4. The summed E-state index contributed by atoms with van der Waals surface area (Å²) in [4.78, 5) is 6.62. The van der Waals surface area contributed by atoms with Crippen LogP contribution in [0.4, 0.5) is 5.82 Å². The number of rotatable bonds is 4. The number of pyridine rings is 1. The summed E-state index contributed by atoms with van der Waals surface area (Å²) in [7, 11) is 0. The Labute approximate surface area is 103 Å². The second kappa shape index (κ2) is 5.98. The number of anilines is 1. The van der Waals surface area contributed by atoms with Crippen LogP contribution in [-0.2, 0) is 6.54 Å². The largest absolute Gasteiger partial charge is 0.391 e. The summed E-state index contributed by atoms with van der Waals surface area (Å²) >= 11 is 0. The molecule has 1 aliphatic rings. The molecule has 2 N–H and O–H groups in total. The normalized spacial score (nSPS) is 20.6. The number of nitrogens with zero attached hydrogens (tertiary/aromatic N) is 2. The molecule has 0 saturated carbocycles. The molecule has 0 spiro atoms. The van der Waals surface area contributed by atoms with E-state index in [-0.39, 0.29) is 6.10 Å². The smallest absolute Gasteiger partial charge is 0.128 e. The van der Waals surface area contributed by atoms with Crippen LogP contribution in [0.25, 0.3) is 0 Å². The van der Waals surface area contributed by atoms with E-state index in [1.807, 2.05) is 12.3 Å². The van der Waals surface area contributed by atoms with Crippen LogP contribution in [0.15, 0.2) is 18.3 Å². The third-order valence-corrected chi connectivity index (χ3v) is 3.11. The van der Waals surface area contributed by atoms with Gasteiger partial charge in [-0.15, -0.1) is 0 Å². The Bertz CT molecular complexity index is 339. The van der Waals surface area contributed by atoms with Crippen LogP contribution < -0.4 is 10.2 Å². The topological polar surface area (TPSA) is 48.4 Å².